The van der Waals surface area contributed by atoms with Gasteiger partial charge in [-0.15, -0.1) is 11.8 Å². The van der Waals surface area contributed by atoms with Crippen LogP contribution < -0.4 is 5.73 Å². The number of hydrogen-bond acceptors (Lipinski definition) is 3. The molecule has 78 valence electrons. The molecule has 0 radical (unpaired) electrons. The maximum atomic E-state index is 5.79. The van der Waals surface area contributed by atoms with Gasteiger partial charge in [-0.05, 0) is 23.7 Å². The first-order valence-electron chi connectivity index (χ1n) is 4.81. The van der Waals surface area contributed by atoms with Crippen molar-refractivity contribution in [3.63, 3.8) is 0 Å². The highest BCUT2D eigenvalue weighted by Crippen LogP contribution is 2.28. The second-order valence-corrected chi connectivity index (χ2v) is 5.71. The third-order valence-corrected chi connectivity index (χ3v) is 3.01. The van der Waals surface area contributed by atoms with Crippen LogP contribution in [0.1, 0.15) is 27.2 Å². The molecule has 0 aromatic carbocycles. The van der Waals surface area contributed by atoms with Crippen molar-refractivity contribution in [2.45, 2.75) is 32.1 Å². The fourth-order valence-corrected chi connectivity index (χ4v) is 2.30. The summed E-state index contributed by atoms with van der Waals surface area (Å²) < 4.78 is 0. The van der Waals surface area contributed by atoms with Crippen LogP contribution in [0.3, 0.4) is 0 Å². The minimum atomic E-state index is 0.398. The molecular weight excluding hydrogens is 192 g/mol. The number of nitrogen functional groups attached to an aromatic ring is 1. The van der Waals surface area contributed by atoms with E-state index in [9.17, 15) is 0 Å². The lowest BCUT2D eigenvalue weighted by molar-refractivity contribution is 0.401. The summed E-state index contributed by atoms with van der Waals surface area (Å²) >= 11 is 1.81. The summed E-state index contributed by atoms with van der Waals surface area (Å²) in [5.74, 6) is 1.11. The van der Waals surface area contributed by atoms with Crippen LogP contribution in [0.5, 0.6) is 0 Å². The van der Waals surface area contributed by atoms with Gasteiger partial charge in [-0.3, -0.25) is 4.98 Å². The van der Waals surface area contributed by atoms with Crippen molar-refractivity contribution >= 4 is 17.4 Å². The van der Waals surface area contributed by atoms with Crippen molar-refractivity contribution in [2.75, 3.05) is 11.5 Å². The van der Waals surface area contributed by atoms with Crippen LogP contribution in [0.2, 0.25) is 0 Å². The van der Waals surface area contributed by atoms with Crippen LogP contribution in [0.15, 0.2) is 23.4 Å². The maximum Gasteiger partial charge on any atom is 0.0638 e. The topological polar surface area (TPSA) is 38.9 Å². The van der Waals surface area contributed by atoms with Crippen molar-refractivity contribution in [1.29, 1.82) is 0 Å². The van der Waals surface area contributed by atoms with Gasteiger partial charge in [-0.1, -0.05) is 20.8 Å². The molecule has 2 N–H and O–H groups in total. The Hall–Kier alpha value is -0.700. The molecule has 2 nitrogen and oxygen atoms in total. The molecule has 0 atom stereocenters. The number of pyridine rings is 1. The van der Waals surface area contributed by atoms with E-state index in [-0.39, 0.29) is 0 Å². The monoisotopic (exact) mass is 210 g/mol. The highest BCUT2D eigenvalue weighted by molar-refractivity contribution is 7.99. The van der Waals surface area contributed by atoms with E-state index >= 15 is 0 Å². The number of nitrogens with two attached hydrogens (primary N) is 1. The van der Waals surface area contributed by atoms with Gasteiger partial charge in [0.2, 0.25) is 0 Å². The molecule has 0 saturated heterocycles. The Kier molecular flexibility index (Phi) is 3.81. The Labute approximate surface area is 90.3 Å². The van der Waals surface area contributed by atoms with Crippen molar-refractivity contribution in [2.24, 2.45) is 5.41 Å². The molecule has 1 aromatic heterocycles. The first-order valence-corrected chi connectivity index (χ1v) is 5.80. The minimum Gasteiger partial charge on any atom is -0.397 e. The van der Waals surface area contributed by atoms with Crippen LogP contribution in [0.25, 0.3) is 0 Å². The molecular formula is C11H18N2S. The molecule has 1 heterocycles. The Morgan fingerprint density at radius 2 is 2.14 bits per heavy atom. The third-order valence-electron chi connectivity index (χ3n) is 1.92. The summed E-state index contributed by atoms with van der Waals surface area (Å²) in [5, 5.41) is 0. The molecule has 1 aromatic rings. The Bertz CT molecular complexity index is 292. The van der Waals surface area contributed by atoms with Crippen molar-refractivity contribution in [3.8, 4) is 0 Å². The highest BCUT2D eigenvalue weighted by Gasteiger charge is 2.10. The molecule has 0 aliphatic heterocycles. The summed E-state index contributed by atoms with van der Waals surface area (Å²) in [6, 6.07) is 1.97. The molecule has 0 aliphatic carbocycles. The number of nitrogens with zero attached hydrogens (tertiary/aromatic N) is 1. The second kappa shape index (κ2) is 4.69. The summed E-state index contributed by atoms with van der Waals surface area (Å²) in [4.78, 5) is 5.11. The number of rotatable bonds is 3. The Balaban J connectivity index is 2.43. The summed E-state index contributed by atoms with van der Waals surface area (Å²) in [5.41, 5.74) is 6.97. The van der Waals surface area contributed by atoms with Crippen molar-refractivity contribution < 1.29 is 0 Å². The predicted octanol–water partition coefficient (Wildman–Crippen LogP) is 3.19. The van der Waals surface area contributed by atoms with Gasteiger partial charge in [0.15, 0.2) is 0 Å². The van der Waals surface area contributed by atoms with Gasteiger partial charge >= 0.3 is 0 Å². The molecule has 0 unspecified atom stereocenters. The SMILES string of the molecule is CC(C)(C)CCSc1ccncc1N. The van der Waals surface area contributed by atoms with Gasteiger partial charge < -0.3 is 5.73 Å². The van der Waals surface area contributed by atoms with E-state index in [1.807, 2.05) is 17.8 Å². The lowest BCUT2D eigenvalue weighted by atomic mass is 9.94. The summed E-state index contributed by atoms with van der Waals surface area (Å²) in [6.07, 6.45) is 4.69. The van der Waals surface area contributed by atoms with E-state index in [1.54, 1.807) is 12.4 Å². The van der Waals surface area contributed by atoms with E-state index in [0.717, 1.165) is 16.3 Å². The normalized spacial score (nSPS) is 11.6. The molecule has 1 rings (SSSR count). The zero-order chi connectivity index (χ0) is 10.6. The van der Waals surface area contributed by atoms with Crippen LogP contribution in [-0.4, -0.2) is 10.7 Å². The lowest BCUT2D eigenvalue weighted by Gasteiger charge is -2.17. The molecule has 0 bridgehead atoms. The molecule has 0 aliphatic rings. The first-order chi connectivity index (χ1) is 6.49. The van der Waals surface area contributed by atoms with E-state index in [4.69, 9.17) is 5.73 Å². The van der Waals surface area contributed by atoms with Crippen LogP contribution in [-0.2, 0) is 0 Å². The molecule has 0 saturated carbocycles. The quantitative estimate of drug-likeness (QED) is 0.779. The van der Waals surface area contributed by atoms with Crippen LogP contribution in [0.4, 0.5) is 5.69 Å². The third kappa shape index (κ3) is 4.01. The van der Waals surface area contributed by atoms with E-state index in [2.05, 4.69) is 25.8 Å². The van der Waals surface area contributed by atoms with Gasteiger partial charge in [0.25, 0.3) is 0 Å². The van der Waals surface area contributed by atoms with Crippen molar-refractivity contribution in [1.82, 2.24) is 4.98 Å². The van der Waals surface area contributed by atoms with Crippen molar-refractivity contribution in [3.05, 3.63) is 18.5 Å². The summed E-state index contributed by atoms with van der Waals surface area (Å²) in [6.45, 7) is 6.76. The number of thioether (sulfide) groups is 1. The zero-order valence-corrected chi connectivity index (χ0v) is 9.90. The predicted molar refractivity (Wildman–Crippen MR) is 63.4 cm³/mol. The lowest BCUT2D eigenvalue weighted by Crippen LogP contribution is -2.05. The van der Waals surface area contributed by atoms with Crippen LogP contribution >= 0.6 is 11.8 Å². The Morgan fingerprint density at radius 1 is 1.43 bits per heavy atom. The van der Waals surface area contributed by atoms with Gasteiger partial charge in [0.1, 0.15) is 0 Å². The number of anilines is 1. The number of hydrogen-bond donors (Lipinski definition) is 1. The van der Waals surface area contributed by atoms with Gasteiger partial charge in [0.05, 0.1) is 11.9 Å². The second-order valence-electron chi connectivity index (χ2n) is 4.57. The van der Waals surface area contributed by atoms with Gasteiger partial charge in [-0.2, -0.15) is 0 Å². The van der Waals surface area contributed by atoms with Crippen LogP contribution in [0, 0.1) is 5.41 Å². The Morgan fingerprint density at radius 3 is 2.71 bits per heavy atom. The average molecular weight is 210 g/mol. The van der Waals surface area contributed by atoms with Gasteiger partial charge in [-0.25, -0.2) is 0 Å². The zero-order valence-electron chi connectivity index (χ0n) is 9.08. The van der Waals surface area contributed by atoms with E-state index in [0.29, 0.717) is 5.41 Å². The van der Waals surface area contributed by atoms with E-state index in [1.165, 1.54) is 6.42 Å². The van der Waals surface area contributed by atoms with E-state index < -0.39 is 0 Å². The molecule has 14 heavy (non-hydrogen) atoms. The molecule has 0 fully saturated rings. The smallest absolute Gasteiger partial charge is 0.0638 e. The molecule has 0 spiro atoms. The standard InChI is InChI=1S/C11H18N2S/c1-11(2,3)5-7-14-10-4-6-13-8-9(10)12/h4,6,8H,5,7,12H2,1-3H3. The number of aromatic nitrogens is 1. The van der Waals surface area contributed by atoms with Gasteiger partial charge in [0, 0.05) is 11.1 Å². The molecule has 0 amide bonds. The first kappa shape index (κ1) is 11.4. The minimum absolute atomic E-state index is 0.398. The molecule has 3 heteroatoms. The fourth-order valence-electron chi connectivity index (χ4n) is 0.993. The largest absolute Gasteiger partial charge is 0.397 e. The highest BCUT2D eigenvalue weighted by atomic mass is 32.2. The average Bonchev–Trinajstić information content (AvgIpc) is 2.06. The fraction of sp³-hybridized carbons (Fsp3) is 0.545. The maximum absolute atomic E-state index is 5.79. The summed E-state index contributed by atoms with van der Waals surface area (Å²) in [7, 11) is 0.